The number of rotatable bonds is 3. The first kappa shape index (κ1) is 14.3. The molecule has 7 heteroatoms. The van der Waals surface area contributed by atoms with Crippen molar-refractivity contribution < 1.29 is 18.0 Å². The summed E-state index contributed by atoms with van der Waals surface area (Å²) in [6, 6.07) is 4.43. The minimum Gasteiger partial charge on any atom is -0.326 e. The van der Waals surface area contributed by atoms with Gasteiger partial charge in [-0.15, -0.1) is 11.6 Å². The molecule has 96 valence electrons. The van der Waals surface area contributed by atoms with Crippen molar-refractivity contribution in [1.29, 1.82) is 5.26 Å². The number of carbonyl (C=O) groups is 1. The van der Waals surface area contributed by atoms with Crippen LogP contribution in [0.3, 0.4) is 0 Å². The fraction of sp³-hybridized carbons (Fsp3) is 0.273. The summed E-state index contributed by atoms with van der Waals surface area (Å²) in [6.07, 6.45) is -4.64. The van der Waals surface area contributed by atoms with Crippen LogP contribution in [0, 0.1) is 11.3 Å². The number of nitriles is 1. The van der Waals surface area contributed by atoms with E-state index in [1.165, 1.54) is 12.1 Å². The van der Waals surface area contributed by atoms with Crippen LogP contribution in [0.5, 0.6) is 0 Å². The Morgan fingerprint density at radius 3 is 2.61 bits per heavy atom. The Balaban J connectivity index is 3.05. The van der Waals surface area contributed by atoms with Crippen molar-refractivity contribution >= 4 is 23.2 Å². The van der Waals surface area contributed by atoms with Crippen LogP contribution in [0.1, 0.15) is 17.5 Å². The van der Waals surface area contributed by atoms with Crippen LogP contribution in [-0.4, -0.2) is 11.8 Å². The molecule has 0 bridgehead atoms. The SMILES string of the molecule is N#Cc1ccc(NC(=O)CCCl)cc1C(F)(F)F. The molecule has 0 aliphatic rings. The van der Waals surface area contributed by atoms with Gasteiger partial charge >= 0.3 is 6.18 Å². The molecule has 0 atom stereocenters. The second-order valence-electron chi connectivity index (χ2n) is 3.36. The van der Waals surface area contributed by atoms with Crippen molar-refractivity contribution in [2.24, 2.45) is 0 Å². The van der Waals surface area contributed by atoms with E-state index in [1.807, 2.05) is 0 Å². The molecule has 1 rings (SSSR count). The van der Waals surface area contributed by atoms with Crippen LogP contribution >= 0.6 is 11.6 Å². The predicted octanol–water partition coefficient (Wildman–Crippen LogP) is 3.14. The molecule has 0 spiro atoms. The van der Waals surface area contributed by atoms with E-state index in [-0.39, 0.29) is 18.0 Å². The molecule has 1 amide bonds. The standard InChI is InChI=1S/C11H8ClF3N2O/c12-4-3-10(18)17-8-2-1-7(6-16)9(5-8)11(13,14)15/h1-2,5H,3-4H2,(H,17,18). The van der Waals surface area contributed by atoms with Crippen LogP contribution in [-0.2, 0) is 11.0 Å². The van der Waals surface area contributed by atoms with E-state index in [1.54, 1.807) is 0 Å². The van der Waals surface area contributed by atoms with Gasteiger partial charge in [-0.3, -0.25) is 4.79 Å². The van der Waals surface area contributed by atoms with E-state index in [0.29, 0.717) is 0 Å². The van der Waals surface area contributed by atoms with Crippen molar-refractivity contribution in [2.45, 2.75) is 12.6 Å². The van der Waals surface area contributed by atoms with Gasteiger partial charge in [0.15, 0.2) is 0 Å². The van der Waals surface area contributed by atoms with Crippen molar-refractivity contribution in [1.82, 2.24) is 0 Å². The number of amides is 1. The fourth-order valence-corrected chi connectivity index (χ4v) is 1.43. The number of halogens is 4. The van der Waals surface area contributed by atoms with E-state index in [4.69, 9.17) is 16.9 Å². The Morgan fingerprint density at radius 2 is 2.11 bits per heavy atom. The van der Waals surface area contributed by atoms with Crippen LogP contribution in [0.4, 0.5) is 18.9 Å². The van der Waals surface area contributed by atoms with Crippen molar-refractivity contribution in [3.05, 3.63) is 29.3 Å². The molecule has 0 saturated heterocycles. The molecule has 1 aromatic rings. The highest BCUT2D eigenvalue weighted by molar-refractivity contribution is 6.19. The van der Waals surface area contributed by atoms with Gasteiger partial charge in [0.2, 0.25) is 5.91 Å². The number of anilines is 1. The normalized spacial score (nSPS) is 10.8. The second kappa shape index (κ2) is 5.74. The van der Waals surface area contributed by atoms with Gasteiger partial charge < -0.3 is 5.32 Å². The van der Waals surface area contributed by atoms with Crippen molar-refractivity contribution in [2.75, 3.05) is 11.2 Å². The average molecular weight is 277 g/mol. The number of benzene rings is 1. The monoisotopic (exact) mass is 276 g/mol. The van der Waals surface area contributed by atoms with E-state index in [9.17, 15) is 18.0 Å². The number of nitrogens with one attached hydrogen (secondary N) is 1. The predicted molar refractivity (Wildman–Crippen MR) is 60.1 cm³/mol. The lowest BCUT2D eigenvalue weighted by Crippen LogP contribution is -2.14. The molecule has 0 radical (unpaired) electrons. The summed E-state index contributed by atoms with van der Waals surface area (Å²) in [5, 5.41) is 10.9. The Kier molecular flexibility index (Phi) is 4.56. The first-order valence-corrected chi connectivity index (χ1v) is 5.39. The maximum Gasteiger partial charge on any atom is 0.417 e. The third kappa shape index (κ3) is 3.64. The zero-order valence-electron chi connectivity index (χ0n) is 9.01. The molecule has 1 N–H and O–H groups in total. The molecular formula is C11H8ClF3N2O. The molecule has 0 aromatic heterocycles. The number of hydrogen-bond donors (Lipinski definition) is 1. The zero-order chi connectivity index (χ0) is 13.8. The lowest BCUT2D eigenvalue weighted by molar-refractivity contribution is -0.137. The summed E-state index contributed by atoms with van der Waals surface area (Å²) in [5.74, 6) is -0.406. The van der Waals surface area contributed by atoms with Crippen molar-refractivity contribution in [3.8, 4) is 6.07 Å². The smallest absolute Gasteiger partial charge is 0.326 e. The summed E-state index contributed by atoms with van der Waals surface area (Å²) in [7, 11) is 0. The molecule has 0 heterocycles. The maximum absolute atomic E-state index is 12.6. The summed E-state index contributed by atoms with van der Waals surface area (Å²) in [6.45, 7) is 0. The minimum absolute atomic E-state index is 0.00289. The minimum atomic E-state index is -4.64. The average Bonchev–Trinajstić information content (AvgIpc) is 2.28. The van der Waals surface area contributed by atoms with Crippen molar-refractivity contribution in [3.63, 3.8) is 0 Å². The molecule has 3 nitrogen and oxygen atoms in total. The van der Waals surface area contributed by atoms with Crippen LogP contribution in [0.25, 0.3) is 0 Å². The van der Waals surface area contributed by atoms with E-state index in [0.717, 1.165) is 12.1 Å². The third-order valence-electron chi connectivity index (χ3n) is 2.05. The van der Waals surface area contributed by atoms with Crippen LogP contribution in [0.2, 0.25) is 0 Å². The summed E-state index contributed by atoms with van der Waals surface area (Å²) < 4.78 is 37.8. The van der Waals surface area contributed by atoms with Gasteiger partial charge in [-0.05, 0) is 18.2 Å². The molecule has 0 aliphatic heterocycles. The van der Waals surface area contributed by atoms with E-state index in [2.05, 4.69) is 5.32 Å². The fourth-order valence-electron chi connectivity index (χ4n) is 1.26. The summed E-state index contributed by atoms with van der Waals surface area (Å²) >= 11 is 5.33. The topological polar surface area (TPSA) is 52.9 Å². The van der Waals surface area contributed by atoms with Crippen LogP contribution in [0.15, 0.2) is 18.2 Å². The highest BCUT2D eigenvalue weighted by Gasteiger charge is 2.33. The Labute approximate surface area is 106 Å². The van der Waals surface area contributed by atoms with Crippen LogP contribution < -0.4 is 5.32 Å². The molecule has 1 aromatic carbocycles. The van der Waals surface area contributed by atoms with Gasteiger partial charge in [0, 0.05) is 18.0 Å². The highest BCUT2D eigenvalue weighted by atomic mass is 35.5. The first-order valence-electron chi connectivity index (χ1n) is 4.85. The number of alkyl halides is 4. The number of hydrogen-bond acceptors (Lipinski definition) is 2. The van der Waals surface area contributed by atoms with Gasteiger partial charge in [-0.25, -0.2) is 0 Å². The maximum atomic E-state index is 12.6. The third-order valence-corrected chi connectivity index (χ3v) is 2.24. The molecule has 0 fully saturated rings. The van der Waals surface area contributed by atoms with Gasteiger partial charge in [-0.1, -0.05) is 0 Å². The Morgan fingerprint density at radius 1 is 1.44 bits per heavy atom. The largest absolute Gasteiger partial charge is 0.417 e. The van der Waals surface area contributed by atoms with Gasteiger partial charge in [-0.2, -0.15) is 18.4 Å². The first-order chi connectivity index (χ1) is 8.38. The Bertz CT molecular complexity index is 494. The van der Waals surface area contributed by atoms with Gasteiger partial charge in [0.25, 0.3) is 0 Å². The number of carbonyl (C=O) groups excluding carboxylic acids is 1. The highest BCUT2D eigenvalue weighted by Crippen LogP contribution is 2.33. The zero-order valence-corrected chi connectivity index (χ0v) is 9.77. The molecule has 18 heavy (non-hydrogen) atoms. The second-order valence-corrected chi connectivity index (χ2v) is 3.74. The molecule has 0 unspecified atom stereocenters. The number of nitrogens with zero attached hydrogens (tertiary/aromatic N) is 1. The lowest BCUT2D eigenvalue weighted by Gasteiger charge is -2.11. The molecular weight excluding hydrogens is 269 g/mol. The quantitative estimate of drug-likeness (QED) is 0.862. The summed E-state index contributed by atoms with van der Waals surface area (Å²) in [5.41, 5.74) is -1.58. The van der Waals surface area contributed by atoms with Gasteiger partial charge in [0.05, 0.1) is 17.2 Å². The Hall–Kier alpha value is -1.74. The summed E-state index contributed by atoms with van der Waals surface area (Å²) in [4.78, 5) is 11.2. The lowest BCUT2D eigenvalue weighted by atomic mass is 10.1. The van der Waals surface area contributed by atoms with Gasteiger partial charge in [0.1, 0.15) is 0 Å². The molecule has 0 saturated carbocycles. The molecule has 0 aliphatic carbocycles. The van der Waals surface area contributed by atoms with E-state index >= 15 is 0 Å². The van der Waals surface area contributed by atoms with E-state index < -0.39 is 23.2 Å².